The van der Waals surface area contributed by atoms with Crippen LogP contribution in [0.3, 0.4) is 0 Å². The van der Waals surface area contributed by atoms with E-state index in [2.05, 4.69) is 5.32 Å². The number of methoxy groups -OCH3 is 1. The van der Waals surface area contributed by atoms with Crippen LogP contribution in [0.5, 0.6) is 0 Å². The molecule has 0 heterocycles. The normalized spacial score (nSPS) is 30.6. The molecule has 2 atom stereocenters. The first-order valence-electron chi connectivity index (χ1n) is 7.24. The molecule has 2 fully saturated rings. The highest BCUT2D eigenvalue weighted by Gasteiger charge is 2.39. The van der Waals surface area contributed by atoms with Gasteiger partial charge in [0.2, 0.25) is 5.91 Å². The minimum absolute atomic E-state index is 0.141. The Bertz CT molecular complexity index is 284. The van der Waals surface area contributed by atoms with Crippen molar-refractivity contribution in [3.8, 4) is 0 Å². The predicted molar refractivity (Wildman–Crippen MR) is 71.2 cm³/mol. The van der Waals surface area contributed by atoms with Gasteiger partial charge in [-0.05, 0) is 44.6 Å². The molecule has 1 amide bonds. The molecule has 4 nitrogen and oxygen atoms in total. The summed E-state index contributed by atoms with van der Waals surface area (Å²) in [5.41, 5.74) is 5.61. The van der Waals surface area contributed by atoms with Crippen molar-refractivity contribution in [2.24, 2.45) is 11.7 Å². The lowest BCUT2D eigenvalue weighted by atomic mass is 9.77. The third-order valence-electron chi connectivity index (χ3n) is 4.74. The summed E-state index contributed by atoms with van der Waals surface area (Å²) >= 11 is 0. The molecule has 2 aliphatic rings. The summed E-state index contributed by atoms with van der Waals surface area (Å²) in [7, 11) is 1.72. The molecule has 0 radical (unpaired) electrons. The van der Waals surface area contributed by atoms with Crippen LogP contribution in [0, 0.1) is 5.92 Å². The second-order valence-electron chi connectivity index (χ2n) is 5.87. The van der Waals surface area contributed by atoms with Crippen molar-refractivity contribution >= 4 is 5.91 Å². The highest BCUT2D eigenvalue weighted by Crippen LogP contribution is 2.38. The molecule has 0 bridgehead atoms. The van der Waals surface area contributed by atoms with Crippen molar-refractivity contribution in [3.05, 3.63) is 0 Å². The maximum absolute atomic E-state index is 12.1. The summed E-state index contributed by atoms with van der Waals surface area (Å²) in [6.07, 6.45) is 8.40. The Hall–Kier alpha value is -0.610. The van der Waals surface area contributed by atoms with Gasteiger partial charge in [-0.3, -0.25) is 4.79 Å². The van der Waals surface area contributed by atoms with E-state index in [9.17, 15) is 4.79 Å². The highest BCUT2D eigenvalue weighted by atomic mass is 16.5. The minimum atomic E-state index is -0.170. The van der Waals surface area contributed by atoms with E-state index >= 15 is 0 Å². The smallest absolute Gasteiger partial charge is 0.223 e. The van der Waals surface area contributed by atoms with E-state index in [1.807, 2.05) is 0 Å². The van der Waals surface area contributed by atoms with Crippen LogP contribution >= 0.6 is 0 Å². The fraction of sp³-hybridized carbons (Fsp3) is 0.929. The Morgan fingerprint density at radius 1 is 1.33 bits per heavy atom. The maximum Gasteiger partial charge on any atom is 0.223 e. The predicted octanol–water partition coefficient (Wildman–Crippen LogP) is 1.58. The van der Waals surface area contributed by atoms with Crippen molar-refractivity contribution in [2.75, 3.05) is 13.7 Å². The standard InChI is InChI=1S/C14H26N2O2/c1-18-14(7-4-8-14)9-13(17)16-12-6-3-2-5-11(12)10-15/h11-12H,2-10,15H2,1H3,(H,16,17). The van der Waals surface area contributed by atoms with Crippen LogP contribution in [-0.4, -0.2) is 31.2 Å². The monoisotopic (exact) mass is 254 g/mol. The van der Waals surface area contributed by atoms with Gasteiger partial charge in [-0.25, -0.2) is 0 Å². The van der Waals surface area contributed by atoms with E-state index in [-0.39, 0.29) is 17.6 Å². The topological polar surface area (TPSA) is 64.3 Å². The van der Waals surface area contributed by atoms with Crippen LogP contribution in [0.2, 0.25) is 0 Å². The first kappa shape index (κ1) is 13.8. The summed E-state index contributed by atoms with van der Waals surface area (Å²) in [5, 5.41) is 3.18. The molecule has 0 aromatic rings. The lowest BCUT2D eigenvalue weighted by Crippen LogP contribution is -2.49. The lowest BCUT2D eigenvalue weighted by molar-refractivity contribution is -0.135. The summed E-state index contributed by atoms with van der Waals surface area (Å²) in [4.78, 5) is 12.1. The zero-order chi connectivity index (χ0) is 13.0. The molecule has 2 aliphatic carbocycles. The van der Waals surface area contributed by atoms with Gasteiger partial charge in [0.15, 0.2) is 0 Å². The molecule has 0 aliphatic heterocycles. The van der Waals surface area contributed by atoms with Crippen molar-refractivity contribution in [3.63, 3.8) is 0 Å². The maximum atomic E-state index is 12.1. The number of hydrogen-bond donors (Lipinski definition) is 2. The van der Waals surface area contributed by atoms with Gasteiger partial charge >= 0.3 is 0 Å². The van der Waals surface area contributed by atoms with Crippen molar-refractivity contribution in [1.29, 1.82) is 0 Å². The van der Waals surface area contributed by atoms with Gasteiger partial charge in [0, 0.05) is 13.2 Å². The van der Waals surface area contributed by atoms with Gasteiger partial charge < -0.3 is 15.8 Å². The molecule has 2 rings (SSSR count). The molecule has 3 N–H and O–H groups in total. The Balaban J connectivity index is 1.82. The zero-order valence-electron chi connectivity index (χ0n) is 11.4. The first-order valence-corrected chi connectivity index (χ1v) is 7.24. The third kappa shape index (κ3) is 3.04. The average molecular weight is 254 g/mol. The van der Waals surface area contributed by atoms with Crippen molar-refractivity contribution in [2.45, 2.75) is 63.0 Å². The zero-order valence-corrected chi connectivity index (χ0v) is 11.4. The number of nitrogens with one attached hydrogen (secondary N) is 1. The summed E-state index contributed by atoms with van der Waals surface area (Å²) < 4.78 is 5.50. The summed E-state index contributed by atoms with van der Waals surface area (Å²) in [6, 6.07) is 0.283. The first-order chi connectivity index (χ1) is 8.69. The number of ether oxygens (including phenoxy) is 1. The second kappa shape index (κ2) is 6.02. The van der Waals surface area contributed by atoms with Crippen LogP contribution in [0.1, 0.15) is 51.4 Å². The largest absolute Gasteiger partial charge is 0.378 e. The van der Waals surface area contributed by atoms with Crippen LogP contribution in [0.4, 0.5) is 0 Å². The van der Waals surface area contributed by atoms with E-state index in [4.69, 9.17) is 10.5 Å². The number of hydrogen-bond acceptors (Lipinski definition) is 3. The van der Waals surface area contributed by atoms with Gasteiger partial charge in [-0.1, -0.05) is 12.8 Å². The van der Waals surface area contributed by atoms with Gasteiger partial charge in [-0.15, -0.1) is 0 Å². The molecule has 0 aromatic heterocycles. The lowest BCUT2D eigenvalue weighted by Gasteiger charge is -2.40. The Kier molecular flexibility index (Phi) is 4.62. The van der Waals surface area contributed by atoms with Gasteiger partial charge in [0.25, 0.3) is 0 Å². The molecule has 0 saturated heterocycles. The highest BCUT2D eigenvalue weighted by molar-refractivity contribution is 5.77. The fourth-order valence-electron chi connectivity index (χ4n) is 3.25. The molecule has 2 unspecified atom stereocenters. The Morgan fingerprint density at radius 2 is 2.06 bits per heavy atom. The molecule has 0 spiro atoms. The van der Waals surface area contributed by atoms with Crippen LogP contribution in [0.25, 0.3) is 0 Å². The van der Waals surface area contributed by atoms with E-state index in [1.165, 1.54) is 19.3 Å². The quantitative estimate of drug-likeness (QED) is 0.783. The Morgan fingerprint density at radius 3 is 2.61 bits per heavy atom. The van der Waals surface area contributed by atoms with Gasteiger partial charge in [-0.2, -0.15) is 0 Å². The molecular weight excluding hydrogens is 228 g/mol. The number of rotatable bonds is 5. The van der Waals surface area contributed by atoms with Crippen molar-refractivity contribution in [1.82, 2.24) is 5.32 Å². The van der Waals surface area contributed by atoms with Crippen LogP contribution in [0.15, 0.2) is 0 Å². The van der Waals surface area contributed by atoms with E-state index < -0.39 is 0 Å². The molecule has 2 saturated carbocycles. The van der Waals surface area contributed by atoms with E-state index in [1.54, 1.807) is 7.11 Å². The summed E-state index contributed by atoms with van der Waals surface area (Å²) in [6.45, 7) is 0.681. The minimum Gasteiger partial charge on any atom is -0.378 e. The fourth-order valence-corrected chi connectivity index (χ4v) is 3.25. The number of nitrogens with two attached hydrogens (primary N) is 1. The molecule has 104 valence electrons. The number of carbonyl (C=O) groups excluding carboxylic acids is 1. The molecule has 18 heavy (non-hydrogen) atoms. The van der Waals surface area contributed by atoms with E-state index in [0.29, 0.717) is 18.9 Å². The third-order valence-corrected chi connectivity index (χ3v) is 4.74. The molecular formula is C14H26N2O2. The molecule has 4 heteroatoms. The van der Waals surface area contributed by atoms with Crippen LogP contribution < -0.4 is 11.1 Å². The van der Waals surface area contributed by atoms with Gasteiger partial charge in [0.05, 0.1) is 12.0 Å². The number of carbonyl (C=O) groups is 1. The van der Waals surface area contributed by atoms with Crippen molar-refractivity contribution < 1.29 is 9.53 Å². The van der Waals surface area contributed by atoms with Gasteiger partial charge in [0.1, 0.15) is 0 Å². The second-order valence-corrected chi connectivity index (χ2v) is 5.87. The summed E-state index contributed by atoms with van der Waals surface area (Å²) in [5.74, 6) is 0.601. The molecule has 0 aromatic carbocycles. The van der Waals surface area contributed by atoms with E-state index in [0.717, 1.165) is 25.7 Å². The Labute approximate surface area is 110 Å². The SMILES string of the molecule is COC1(CC(=O)NC2CCCCC2CN)CCC1. The number of amides is 1. The average Bonchev–Trinajstić information content (AvgIpc) is 2.34. The van der Waals surface area contributed by atoms with Crippen LogP contribution in [-0.2, 0) is 9.53 Å².